The third-order valence-corrected chi connectivity index (χ3v) is 7.37. The molecule has 0 atom stereocenters. The number of nitrogens with zero attached hydrogens (tertiary/aromatic N) is 1. The number of anilines is 1. The molecule has 1 aliphatic rings. The molecule has 2 aromatic carbocycles. The molecule has 0 aliphatic carbocycles. The van der Waals surface area contributed by atoms with Crippen molar-refractivity contribution in [3.63, 3.8) is 0 Å². The molecule has 12 heteroatoms. The van der Waals surface area contributed by atoms with Gasteiger partial charge in [-0.2, -0.15) is 17.5 Å². The lowest BCUT2D eigenvalue weighted by atomic mass is 9.97. The normalized spacial score (nSPS) is 16.0. The number of nitrogens with one attached hydrogen (secondary N) is 1. The first-order chi connectivity index (χ1) is 14.9. The summed E-state index contributed by atoms with van der Waals surface area (Å²) in [4.78, 5) is 23.1. The maximum atomic E-state index is 13.1. The molecular weight excluding hydrogens is 471 g/mol. The number of nitrogens with two attached hydrogens (primary N) is 1. The fourth-order valence-corrected chi connectivity index (χ4v) is 5.07. The number of benzene rings is 2. The minimum Gasteiger partial charge on any atom is -0.366 e. The molecule has 1 aliphatic heterocycles. The average molecular weight is 490 g/mol. The second-order valence-electron chi connectivity index (χ2n) is 7.25. The van der Waals surface area contributed by atoms with Crippen molar-refractivity contribution in [1.29, 1.82) is 0 Å². The van der Waals surface area contributed by atoms with Crippen molar-refractivity contribution in [3.8, 4) is 0 Å². The van der Waals surface area contributed by atoms with Crippen LogP contribution in [0.4, 0.5) is 18.9 Å². The summed E-state index contributed by atoms with van der Waals surface area (Å²) >= 11 is 5.57. The number of hydrogen-bond donors (Lipinski definition) is 2. The zero-order valence-corrected chi connectivity index (χ0v) is 18.1. The number of primary amides is 1. The Morgan fingerprint density at radius 2 is 1.66 bits per heavy atom. The highest BCUT2D eigenvalue weighted by Crippen LogP contribution is 2.36. The van der Waals surface area contributed by atoms with E-state index >= 15 is 0 Å². The monoisotopic (exact) mass is 489 g/mol. The van der Waals surface area contributed by atoms with E-state index in [-0.39, 0.29) is 37.4 Å². The number of carbonyl (C=O) groups excluding carboxylic acids is 2. The van der Waals surface area contributed by atoms with Gasteiger partial charge in [0.2, 0.25) is 21.8 Å². The first-order valence-electron chi connectivity index (χ1n) is 9.47. The molecule has 2 amide bonds. The number of sulfonamides is 1. The van der Waals surface area contributed by atoms with E-state index in [1.807, 2.05) is 0 Å². The Labute approximate surface area is 187 Å². The van der Waals surface area contributed by atoms with Crippen LogP contribution < -0.4 is 11.1 Å². The maximum absolute atomic E-state index is 13.1. The van der Waals surface area contributed by atoms with Crippen LogP contribution in [0.15, 0.2) is 47.4 Å². The molecule has 1 fully saturated rings. The summed E-state index contributed by atoms with van der Waals surface area (Å²) < 4.78 is 65.9. The highest BCUT2D eigenvalue weighted by Gasteiger charge is 2.37. The largest absolute Gasteiger partial charge is 0.417 e. The van der Waals surface area contributed by atoms with Gasteiger partial charge < -0.3 is 11.1 Å². The summed E-state index contributed by atoms with van der Waals surface area (Å²) in [7, 11) is -4.18. The number of halogens is 4. The van der Waals surface area contributed by atoms with E-state index in [4.69, 9.17) is 17.3 Å². The van der Waals surface area contributed by atoms with Crippen LogP contribution in [0.3, 0.4) is 0 Å². The average Bonchev–Trinajstić information content (AvgIpc) is 2.73. The Balaban J connectivity index is 1.66. The second-order valence-corrected chi connectivity index (χ2v) is 9.59. The van der Waals surface area contributed by atoms with Crippen LogP contribution in [0, 0.1) is 5.92 Å². The number of alkyl halides is 3. The van der Waals surface area contributed by atoms with Crippen LogP contribution in [0.5, 0.6) is 0 Å². The first kappa shape index (κ1) is 24.0. The number of amides is 2. The maximum Gasteiger partial charge on any atom is 0.417 e. The lowest BCUT2D eigenvalue weighted by Gasteiger charge is -2.30. The van der Waals surface area contributed by atoms with Crippen LogP contribution in [-0.2, 0) is 21.0 Å². The van der Waals surface area contributed by atoms with Gasteiger partial charge in [-0.25, -0.2) is 8.42 Å². The van der Waals surface area contributed by atoms with Gasteiger partial charge in [0.1, 0.15) is 0 Å². The standard InChI is InChI=1S/C20H19ClF3N3O4S/c21-17-6-5-15(11-16(17)20(22,23)24)32(30,31)27-9-7-13(8-10-27)19(29)26-14-3-1-12(2-4-14)18(25)28/h1-6,11,13H,7-10H2,(H2,25,28)(H,26,29). The number of hydrogen-bond acceptors (Lipinski definition) is 4. The summed E-state index contributed by atoms with van der Waals surface area (Å²) in [6.45, 7) is -0.0456. The first-order valence-corrected chi connectivity index (χ1v) is 11.3. The molecule has 1 heterocycles. The fourth-order valence-electron chi connectivity index (χ4n) is 3.35. The van der Waals surface area contributed by atoms with Gasteiger partial charge in [0.05, 0.1) is 15.5 Å². The van der Waals surface area contributed by atoms with Gasteiger partial charge in [0.15, 0.2) is 0 Å². The summed E-state index contributed by atoms with van der Waals surface area (Å²) in [6.07, 6.45) is -4.39. The smallest absolute Gasteiger partial charge is 0.366 e. The lowest BCUT2D eigenvalue weighted by Crippen LogP contribution is -2.41. The van der Waals surface area contributed by atoms with Crippen molar-refractivity contribution in [2.45, 2.75) is 23.9 Å². The van der Waals surface area contributed by atoms with E-state index in [0.29, 0.717) is 11.8 Å². The van der Waals surface area contributed by atoms with Crippen LogP contribution in [-0.4, -0.2) is 37.6 Å². The molecule has 172 valence electrons. The zero-order valence-electron chi connectivity index (χ0n) is 16.5. The van der Waals surface area contributed by atoms with Crippen LogP contribution in [0.2, 0.25) is 5.02 Å². The summed E-state index contributed by atoms with van der Waals surface area (Å²) in [6, 6.07) is 8.43. The Morgan fingerprint density at radius 1 is 1.06 bits per heavy atom. The zero-order chi connectivity index (χ0) is 23.7. The topological polar surface area (TPSA) is 110 Å². The number of rotatable bonds is 5. The van der Waals surface area contributed by atoms with Crippen LogP contribution >= 0.6 is 11.6 Å². The molecule has 32 heavy (non-hydrogen) atoms. The molecule has 1 saturated heterocycles. The summed E-state index contributed by atoms with van der Waals surface area (Å²) in [5, 5.41) is 2.11. The Bertz CT molecular complexity index is 1130. The fraction of sp³-hybridized carbons (Fsp3) is 0.300. The molecule has 0 unspecified atom stereocenters. The van der Waals surface area contributed by atoms with E-state index < -0.39 is 43.5 Å². The van der Waals surface area contributed by atoms with E-state index in [9.17, 15) is 31.2 Å². The molecule has 2 aromatic rings. The van der Waals surface area contributed by atoms with Gasteiger partial charge >= 0.3 is 6.18 Å². The molecule has 0 bridgehead atoms. The van der Waals surface area contributed by atoms with E-state index in [2.05, 4.69) is 5.32 Å². The molecule has 0 aromatic heterocycles. The minimum atomic E-state index is -4.79. The van der Waals surface area contributed by atoms with Crippen LogP contribution in [0.1, 0.15) is 28.8 Å². The molecule has 3 N–H and O–H groups in total. The van der Waals surface area contributed by atoms with Crippen molar-refractivity contribution in [2.24, 2.45) is 11.7 Å². The third-order valence-electron chi connectivity index (χ3n) is 5.14. The van der Waals surface area contributed by atoms with Crippen molar-refractivity contribution >= 4 is 39.1 Å². The summed E-state index contributed by atoms with van der Waals surface area (Å²) in [5.74, 6) is -1.40. The molecule has 0 spiro atoms. The van der Waals surface area contributed by atoms with Gasteiger partial charge in [-0.1, -0.05) is 11.6 Å². The molecule has 3 rings (SSSR count). The van der Waals surface area contributed by atoms with Gasteiger partial charge in [-0.05, 0) is 55.3 Å². The van der Waals surface area contributed by atoms with Crippen molar-refractivity contribution in [1.82, 2.24) is 4.31 Å². The number of piperidine rings is 1. The van der Waals surface area contributed by atoms with Gasteiger partial charge in [-0.3, -0.25) is 9.59 Å². The van der Waals surface area contributed by atoms with Crippen LogP contribution in [0.25, 0.3) is 0 Å². The molecule has 7 nitrogen and oxygen atoms in total. The SMILES string of the molecule is NC(=O)c1ccc(NC(=O)C2CCN(S(=O)(=O)c3ccc(Cl)c(C(F)(F)F)c3)CC2)cc1. The Morgan fingerprint density at radius 3 is 2.19 bits per heavy atom. The Kier molecular flexibility index (Phi) is 6.82. The predicted molar refractivity (Wildman–Crippen MR) is 112 cm³/mol. The number of carbonyl (C=O) groups is 2. The minimum absolute atomic E-state index is 0.0228. The summed E-state index contributed by atoms with van der Waals surface area (Å²) in [5.41, 5.74) is 4.69. The van der Waals surface area contributed by atoms with E-state index in [1.165, 1.54) is 24.3 Å². The van der Waals surface area contributed by atoms with E-state index in [0.717, 1.165) is 16.4 Å². The van der Waals surface area contributed by atoms with Crippen molar-refractivity contribution in [3.05, 3.63) is 58.6 Å². The van der Waals surface area contributed by atoms with Gasteiger partial charge in [-0.15, -0.1) is 0 Å². The van der Waals surface area contributed by atoms with Crippen molar-refractivity contribution in [2.75, 3.05) is 18.4 Å². The van der Waals surface area contributed by atoms with Crippen molar-refractivity contribution < 1.29 is 31.2 Å². The highest BCUT2D eigenvalue weighted by atomic mass is 35.5. The Hall–Kier alpha value is -2.63. The van der Waals surface area contributed by atoms with Gasteiger partial charge in [0.25, 0.3) is 0 Å². The predicted octanol–water partition coefficient (Wildman–Crippen LogP) is 3.50. The quantitative estimate of drug-likeness (QED) is 0.669. The molecule has 0 radical (unpaired) electrons. The highest BCUT2D eigenvalue weighted by molar-refractivity contribution is 7.89. The van der Waals surface area contributed by atoms with Gasteiger partial charge in [0, 0.05) is 30.3 Å². The second kappa shape index (κ2) is 9.08. The molecule has 0 saturated carbocycles. The lowest BCUT2D eigenvalue weighted by molar-refractivity contribution is -0.137. The van der Waals surface area contributed by atoms with E-state index in [1.54, 1.807) is 0 Å². The molecular formula is C20H19ClF3N3O4S. The third kappa shape index (κ3) is 5.22.